The Labute approximate surface area is 180 Å². The molecule has 7 nitrogen and oxygen atoms in total. The zero-order valence-corrected chi connectivity index (χ0v) is 19.0. The highest BCUT2D eigenvalue weighted by Crippen LogP contribution is 2.20. The van der Waals surface area contributed by atoms with Crippen LogP contribution in [0.15, 0.2) is 29.2 Å². The van der Waals surface area contributed by atoms with Crippen LogP contribution in [0.5, 0.6) is 0 Å². The van der Waals surface area contributed by atoms with Crippen LogP contribution in [0.3, 0.4) is 0 Å². The number of aryl methyl sites for hydroxylation is 1. The SMILES string of the molecule is CC1CC(C)CN(CCNC(=O)CCc2ccc(S(=O)(=O)N3CCOCC3)cc2)C1. The minimum absolute atomic E-state index is 0.0399. The summed E-state index contributed by atoms with van der Waals surface area (Å²) >= 11 is 0. The molecule has 2 fully saturated rings. The summed E-state index contributed by atoms with van der Waals surface area (Å²) in [5, 5.41) is 3.01. The maximum Gasteiger partial charge on any atom is 0.243 e. The minimum Gasteiger partial charge on any atom is -0.379 e. The molecule has 0 spiro atoms. The molecule has 1 aromatic carbocycles. The number of carbonyl (C=O) groups is 1. The van der Waals surface area contributed by atoms with Gasteiger partial charge in [0.2, 0.25) is 15.9 Å². The average molecular weight is 438 g/mol. The molecule has 1 aromatic rings. The second-order valence-electron chi connectivity index (χ2n) is 8.72. The zero-order chi connectivity index (χ0) is 21.6. The van der Waals surface area contributed by atoms with Crippen LogP contribution in [0.2, 0.25) is 0 Å². The smallest absolute Gasteiger partial charge is 0.243 e. The number of likely N-dealkylation sites (tertiary alicyclic amines) is 1. The first kappa shape index (κ1) is 23.2. The number of amides is 1. The molecule has 3 rings (SSSR count). The molecule has 30 heavy (non-hydrogen) atoms. The molecule has 1 N–H and O–H groups in total. The summed E-state index contributed by atoms with van der Waals surface area (Å²) in [5.41, 5.74) is 0.963. The number of ether oxygens (including phenoxy) is 1. The van der Waals surface area contributed by atoms with Crippen molar-refractivity contribution in [2.75, 3.05) is 52.5 Å². The Morgan fingerprint density at radius 3 is 2.37 bits per heavy atom. The van der Waals surface area contributed by atoms with Gasteiger partial charge < -0.3 is 15.0 Å². The van der Waals surface area contributed by atoms with Crippen molar-refractivity contribution in [2.45, 2.75) is 38.0 Å². The third-order valence-corrected chi connectivity index (χ3v) is 7.78. The number of nitrogens with one attached hydrogen (secondary N) is 1. The van der Waals surface area contributed by atoms with E-state index in [0.717, 1.165) is 37.0 Å². The molecular weight excluding hydrogens is 402 g/mol. The first-order valence-electron chi connectivity index (χ1n) is 11.0. The van der Waals surface area contributed by atoms with Crippen molar-refractivity contribution in [3.8, 4) is 0 Å². The summed E-state index contributed by atoms with van der Waals surface area (Å²) in [7, 11) is -3.47. The third kappa shape index (κ3) is 6.51. The average Bonchev–Trinajstić information content (AvgIpc) is 2.72. The fraction of sp³-hybridized carbons (Fsp3) is 0.682. The highest BCUT2D eigenvalue weighted by atomic mass is 32.2. The Balaban J connectivity index is 1.40. The molecule has 2 aliphatic heterocycles. The number of carbonyl (C=O) groups excluding carboxylic acids is 1. The minimum atomic E-state index is -3.47. The van der Waals surface area contributed by atoms with Gasteiger partial charge in [-0.3, -0.25) is 4.79 Å². The largest absolute Gasteiger partial charge is 0.379 e. The second-order valence-corrected chi connectivity index (χ2v) is 10.7. The van der Waals surface area contributed by atoms with E-state index in [1.54, 1.807) is 24.3 Å². The van der Waals surface area contributed by atoms with E-state index < -0.39 is 10.0 Å². The van der Waals surface area contributed by atoms with E-state index in [1.807, 2.05) is 0 Å². The lowest BCUT2D eigenvalue weighted by Gasteiger charge is -2.34. The molecule has 2 atom stereocenters. The zero-order valence-electron chi connectivity index (χ0n) is 18.2. The van der Waals surface area contributed by atoms with Crippen molar-refractivity contribution in [3.63, 3.8) is 0 Å². The quantitative estimate of drug-likeness (QED) is 0.670. The van der Waals surface area contributed by atoms with E-state index in [0.29, 0.717) is 50.6 Å². The van der Waals surface area contributed by atoms with Crippen molar-refractivity contribution in [1.82, 2.24) is 14.5 Å². The fourth-order valence-corrected chi connectivity index (χ4v) is 5.85. The van der Waals surface area contributed by atoms with Gasteiger partial charge in [0.05, 0.1) is 18.1 Å². The van der Waals surface area contributed by atoms with Crippen molar-refractivity contribution in [1.29, 1.82) is 0 Å². The van der Waals surface area contributed by atoms with Gasteiger partial charge in [-0.2, -0.15) is 4.31 Å². The predicted molar refractivity (Wildman–Crippen MR) is 117 cm³/mol. The number of hydrogen-bond acceptors (Lipinski definition) is 5. The van der Waals surface area contributed by atoms with E-state index in [-0.39, 0.29) is 5.91 Å². The number of benzene rings is 1. The van der Waals surface area contributed by atoms with Gasteiger partial charge in [-0.15, -0.1) is 0 Å². The monoisotopic (exact) mass is 437 g/mol. The van der Waals surface area contributed by atoms with Crippen LogP contribution in [0.1, 0.15) is 32.3 Å². The summed E-state index contributed by atoms with van der Waals surface area (Å²) in [6, 6.07) is 6.88. The van der Waals surface area contributed by atoms with Crippen LogP contribution >= 0.6 is 0 Å². The van der Waals surface area contributed by atoms with Gasteiger partial charge >= 0.3 is 0 Å². The van der Waals surface area contributed by atoms with Gasteiger partial charge in [-0.25, -0.2) is 8.42 Å². The number of morpholine rings is 1. The molecule has 2 unspecified atom stereocenters. The van der Waals surface area contributed by atoms with Crippen LogP contribution < -0.4 is 5.32 Å². The van der Waals surface area contributed by atoms with Crippen LogP contribution in [0, 0.1) is 11.8 Å². The molecule has 168 valence electrons. The van der Waals surface area contributed by atoms with Crippen LogP contribution in [-0.2, 0) is 26.0 Å². The van der Waals surface area contributed by atoms with Gasteiger partial charge in [0.15, 0.2) is 0 Å². The lowest BCUT2D eigenvalue weighted by Crippen LogP contribution is -2.42. The number of sulfonamides is 1. The predicted octanol–water partition coefficient (Wildman–Crippen LogP) is 1.73. The Bertz CT molecular complexity index is 781. The van der Waals surface area contributed by atoms with Gasteiger partial charge in [-0.05, 0) is 42.4 Å². The molecule has 0 radical (unpaired) electrons. The fourth-order valence-electron chi connectivity index (χ4n) is 4.44. The third-order valence-electron chi connectivity index (χ3n) is 5.87. The highest BCUT2D eigenvalue weighted by Gasteiger charge is 2.26. The highest BCUT2D eigenvalue weighted by molar-refractivity contribution is 7.89. The molecule has 0 bridgehead atoms. The van der Waals surface area contributed by atoms with Crippen molar-refractivity contribution >= 4 is 15.9 Å². The van der Waals surface area contributed by atoms with E-state index in [9.17, 15) is 13.2 Å². The number of rotatable bonds is 8. The van der Waals surface area contributed by atoms with Crippen LogP contribution in [0.4, 0.5) is 0 Å². The molecule has 2 heterocycles. The normalized spacial score (nSPS) is 23.9. The molecular formula is C22H35N3O4S. The summed E-state index contributed by atoms with van der Waals surface area (Å²) in [6.45, 7) is 10.0. The lowest BCUT2D eigenvalue weighted by atomic mass is 9.92. The maximum atomic E-state index is 12.7. The summed E-state index contributed by atoms with van der Waals surface area (Å²) in [4.78, 5) is 14.9. The lowest BCUT2D eigenvalue weighted by molar-refractivity contribution is -0.121. The van der Waals surface area contributed by atoms with E-state index in [4.69, 9.17) is 4.74 Å². The van der Waals surface area contributed by atoms with Gasteiger partial charge in [-0.1, -0.05) is 26.0 Å². The van der Waals surface area contributed by atoms with Gasteiger partial charge in [0.25, 0.3) is 0 Å². The standard InChI is InChI=1S/C22H35N3O4S/c1-18-15-19(2)17-24(16-18)10-9-23-22(26)8-5-20-3-6-21(7-4-20)30(27,28)25-11-13-29-14-12-25/h3-4,6-7,18-19H,5,8-17H2,1-2H3,(H,23,26). The summed E-state index contributed by atoms with van der Waals surface area (Å²) in [6.07, 6.45) is 2.29. The van der Waals surface area contributed by atoms with E-state index >= 15 is 0 Å². The maximum absolute atomic E-state index is 12.7. The molecule has 0 aromatic heterocycles. The summed E-state index contributed by atoms with van der Waals surface area (Å²) < 4.78 is 32.0. The Morgan fingerprint density at radius 1 is 1.10 bits per heavy atom. The van der Waals surface area contributed by atoms with Gasteiger partial charge in [0.1, 0.15) is 0 Å². The molecule has 2 aliphatic rings. The topological polar surface area (TPSA) is 79.0 Å². The van der Waals surface area contributed by atoms with E-state index in [1.165, 1.54) is 10.7 Å². The number of piperidine rings is 1. The molecule has 0 aliphatic carbocycles. The summed E-state index contributed by atoms with van der Waals surface area (Å²) in [5.74, 6) is 1.48. The van der Waals surface area contributed by atoms with Crippen molar-refractivity contribution in [3.05, 3.63) is 29.8 Å². The van der Waals surface area contributed by atoms with E-state index in [2.05, 4.69) is 24.1 Å². The Hall–Kier alpha value is -1.48. The number of hydrogen-bond donors (Lipinski definition) is 1. The van der Waals surface area contributed by atoms with Gasteiger partial charge in [0, 0.05) is 45.7 Å². The molecule has 0 saturated carbocycles. The number of nitrogens with zero attached hydrogens (tertiary/aromatic N) is 2. The second kappa shape index (κ2) is 10.7. The Kier molecular flexibility index (Phi) is 8.27. The first-order valence-corrected chi connectivity index (χ1v) is 12.4. The molecule has 1 amide bonds. The van der Waals surface area contributed by atoms with Crippen molar-refractivity contribution < 1.29 is 17.9 Å². The molecule has 2 saturated heterocycles. The van der Waals surface area contributed by atoms with Crippen molar-refractivity contribution in [2.24, 2.45) is 11.8 Å². The van der Waals surface area contributed by atoms with Crippen LogP contribution in [0.25, 0.3) is 0 Å². The molecule has 8 heteroatoms. The van der Waals surface area contributed by atoms with Crippen LogP contribution in [-0.4, -0.2) is 76.0 Å². The first-order chi connectivity index (χ1) is 14.3. The Morgan fingerprint density at radius 2 is 1.73 bits per heavy atom.